The summed E-state index contributed by atoms with van der Waals surface area (Å²) in [5.74, 6) is -0.245. The molecule has 20 heavy (non-hydrogen) atoms. The molecule has 6 heteroatoms. The molecule has 0 radical (unpaired) electrons. The number of nitrogens with zero attached hydrogens (tertiary/aromatic N) is 2. The van der Waals surface area contributed by atoms with Crippen molar-refractivity contribution >= 4 is 29.4 Å². The molecule has 0 saturated heterocycles. The molecule has 1 aromatic carbocycles. The lowest BCUT2D eigenvalue weighted by atomic mass is 10.3. The highest BCUT2D eigenvalue weighted by Gasteiger charge is 1.99. The summed E-state index contributed by atoms with van der Waals surface area (Å²) in [5.41, 5.74) is 4.02. The summed E-state index contributed by atoms with van der Waals surface area (Å²) in [4.78, 5) is 15.5. The summed E-state index contributed by atoms with van der Waals surface area (Å²) in [7, 11) is 0. The molecule has 1 aromatic heterocycles. The van der Waals surface area contributed by atoms with Gasteiger partial charge in [0.15, 0.2) is 0 Å². The minimum atomic E-state index is -0.245. The van der Waals surface area contributed by atoms with Gasteiger partial charge in [-0.3, -0.25) is 9.78 Å². The first-order chi connectivity index (χ1) is 9.74. The number of hydrazone groups is 1. The molecule has 0 spiro atoms. The number of hydrogen-bond acceptors (Lipinski definition) is 4. The first-order valence-corrected chi connectivity index (χ1v) is 6.33. The van der Waals surface area contributed by atoms with E-state index >= 15 is 0 Å². The first-order valence-electron chi connectivity index (χ1n) is 5.95. The lowest BCUT2D eigenvalue weighted by Gasteiger charge is -2.05. The Labute approximate surface area is 121 Å². The molecule has 1 amide bonds. The smallest absolute Gasteiger partial charge is 0.259 e. The van der Waals surface area contributed by atoms with Gasteiger partial charge in [-0.25, -0.2) is 5.43 Å². The van der Waals surface area contributed by atoms with Gasteiger partial charge in [-0.05, 0) is 24.3 Å². The van der Waals surface area contributed by atoms with Crippen LogP contribution in [0.25, 0.3) is 0 Å². The Bertz CT molecular complexity index is 601. The molecule has 0 aliphatic heterocycles. The van der Waals surface area contributed by atoms with E-state index < -0.39 is 0 Å². The molecule has 0 aliphatic rings. The maximum absolute atomic E-state index is 11.6. The van der Waals surface area contributed by atoms with E-state index in [0.29, 0.717) is 5.02 Å². The number of hydrogen-bond donors (Lipinski definition) is 2. The first kappa shape index (κ1) is 14.0. The van der Waals surface area contributed by atoms with Crippen LogP contribution in [-0.2, 0) is 4.79 Å². The van der Waals surface area contributed by atoms with E-state index in [4.69, 9.17) is 11.6 Å². The zero-order valence-electron chi connectivity index (χ0n) is 10.6. The second-order valence-corrected chi connectivity index (χ2v) is 4.38. The molecule has 0 bridgehead atoms. The van der Waals surface area contributed by atoms with Gasteiger partial charge < -0.3 is 5.32 Å². The number of aromatic nitrogens is 1. The quantitative estimate of drug-likeness (QED) is 0.655. The maximum atomic E-state index is 11.6. The fraction of sp³-hybridized carbons (Fsp3) is 0.0714. The van der Waals surface area contributed by atoms with Gasteiger partial charge in [0.25, 0.3) is 5.91 Å². The Morgan fingerprint density at radius 1 is 1.35 bits per heavy atom. The van der Waals surface area contributed by atoms with Gasteiger partial charge in [0.1, 0.15) is 0 Å². The predicted octanol–water partition coefficient (Wildman–Crippen LogP) is 2.30. The average molecular weight is 289 g/mol. The van der Waals surface area contributed by atoms with Crippen LogP contribution in [0.5, 0.6) is 0 Å². The van der Waals surface area contributed by atoms with E-state index in [1.807, 2.05) is 18.2 Å². The number of rotatable bonds is 5. The van der Waals surface area contributed by atoms with Crippen LogP contribution in [0.1, 0.15) is 5.56 Å². The van der Waals surface area contributed by atoms with Crippen LogP contribution in [0, 0.1) is 0 Å². The lowest BCUT2D eigenvalue weighted by Crippen LogP contribution is -2.25. The molecule has 0 atom stereocenters. The summed E-state index contributed by atoms with van der Waals surface area (Å²) < 4.78 is 0. The number of anilines is 1. The lowest BCUT2D eigenvalue weighted by molar-refractivity contribution is -0.119. The third kappa shape index (κ3) is 4.70. The van der Waals surface area contributed by atoms with E-state index in [-0.39, 0.29) is 12.5 Å². The van der Waals surface area contributed by atoms with Gasteiger partial charge in [0.2, 0.25) is 0 Å². The van der Waals surface area contributed by atoms with Crippen molar-refractivity contribution in [1.82, 2.24) is 10.4 Å². The molecule has 0 saturated carbocycles. The predicted molar refractivity (Wildman–Crippen MR) is 79.9 cm³/mol. The Hall–Kier alpha value is -2.40. The SMILES string of the molecule is O=C(CNc1cccc(Cl)c1)NN=Cc1cccnc1. The standard InChI is InChI=1S/C14H13ClN4O/c15-12-4-1-5-13(7-12)17-10-14(20)19-18-9-11-3-2-6-16-8-11/h1-9,17H,10H2,(H,19,20). The van der Waals surface area contributed by atoms with Crippen LogP contribution in [0.3, 0.4) is 0 Å². The second kappa shape index (κ2) is 7.25. The number of carbonyl (C=O) groups excluding carboxylic acids is 1. The average Bonchev–Trinajstić information content (AvgIpc) is 2.46. The van der Waals surface area contributed by atoms with Crippen LogP contribution < -0.4 is 10.7 Å². The highest BCUT2D eigenvalue weighted by atomic mass is 35.5. The monoisotopic (exact) mass is 288 g/mol. The normalized spacial score (nSPS) is 10.4. The highest BCUT2D eigenvalue weighted by molar-refractivity contribution is 6.30. The maximum Gasteiger partial charge on any atom is 0.259 e. The summed E-state index contributed by atoms with van der Waals surface area (Å²) in [6.45, 7) is 0.116. The van der Waals surface area contributed by atoms with Crippen LogP contribution in [-0.4, -0.2) is 23.7 Å². The fourth-order valence-electron chi connectivity index (χ4n) is 1.45. The molecular formula is C14H13ClN4O. The molecule has 2 N–H and O–H groups in total. The van der Waals surface area contributed by atoms with Crippen molar-refractivity contribution in [1.29, 1.82) is 0 Å². The zero-order valence-corrected chi connectivity index (χ0v) is 11.3. The second-order valence-electron chi connectivity index (χ2n) is 3.94. The minimum absolute atomic E-state index is 0.116. The molecule has 102 valence electrons. The molecule has 0 unspecified atom stereocenters. The van der Waals surface area contributed by atoms with Crippen molar-refractivity contribution in [3.63, 3.8) is 0 Å². The fourth-order valence-corrected chi connectivity index (χ4v) is 1.64. The van der Waals surface area contributed by atoms with E-state index in [1.54, 1.807) is 30.6 Å². The molecule has 0 fully saturated rings. The Morgan fingerprint density at radius 2 is 2.25 bits per heavy atom. The highest BCUT2D eigenvalue weighted by Crippen LogP contribution is 2.14. The van der Waals surface area contributed by atoms with Gasteiger partial charge in [0, 0.05) is 28.7 Å². The van der Waals surface area contributed by atoms with E-state index in [1.165, 1.54) is 6.21 Å². The van der Waals surface area contributed by atoms with Crippen LogP contribution >= 0.6 is 11.6 Å². The number of pyridine rings is 1. The Balaban J connectivity index is 1.77. The van der Waals surface area contributed by atoms with Gasteiger partial charge in [-0.15, -0.1) is 0 Å². The van der Waals surface area contributed by atoms with Gasteiger partial charge in [-0.2, -0.15) is 5.10 Å². The molecule has 2 rings (SSSR count). The van der Waals surface area contributed by atoms with Crippen LogP contribution in [0.2, 0.25) is 5.02 Å². The minimum Gasteiger partial charge on any atom is -0.376 e. The largest absolute Gasteiger partial charge is 0.376 e. The third-order valence-corrected chi connectivity index (χ3v) is 2.60. The summed E-state index contributed by atoms with van der Waals surface area (Å²) in [6, 6.07) is 10.8. The van der Waals surface area contributed by atoms with E-state index in [9.17, 15) is 4.79 Å². The topological polar surface area (TPSA) is 66.4 Å². The number of nitrogens with one attached hydrogen (secondary N) is 2. The van der Waals surface area contributed by atoms with E-state index in [0.717, 1.165) is 11.3 Å². The molecule has 5 nitrogen and oxygen atoms in total. The number of amides is 1. The van der Waals surface area contributed by atoms with Gasteiger partial charge >= 0.3 is 0 Å². The molecular weight excluding hydrogens is 276 g/mol. The zero-order chi connectivity index (χ0) is 14.2. The van der Waals surface area contributed by atoms with Crippen molar-refractivity contribution in [2.24, 2.45) is 5.10 Å². The van der Waals surface area contributed by atoms with Gasteiger partial charge in [-0.1, -0.05) is 23.7 Å². The summed E-state index contributed by atoms with van der Waals surface area (Å²) >= 11 is 5.84. The molecule has 0 aliphatic carbocycles. The molecule has 1 heterocycles. The Kier molecular flexibility index (Phi) is 5.08. The van der Waals surface area contributed by atoms with Crippen molar-refractivity contribution in [3.8, 4) is 0 Å². The van der Waals surface area contributed by atoms with Crippen LogP contribution in [0.15, 0.2) is 53.9 Å². The Morgan fingerprint density at radius 3 is 3.00 bits per heavy atom. The number of benzene rings is 1. The number of carbonyl (C=O) groups is 1. The van der Waals surface area contributed by atoms with Crippen molar-refractivity contribution < 1.29 is 4.79 Å². The summed E-state index contributed by atoms with van der Waals surface area (Å²) in [6.07, 6.45) is 4.86. The van der Waals surface area contributed by atoms with Gasteiger partial charge in [0.05, 0.1) is 12.8 Å². The number of halogens is 1. The van der Waals surface area contributed by atoms with E-state index in [2.05, 4.69) is 20.8 Å². The summed E-state index contributed by atoms with van der Waals surface area (Å²) in [5, 5.41) is 7.41. The molecule has 2 aromatic rings. The third-order valence-electron chi connectivity index (χ3n) is 2.36. The van der Waals surface area contributed by atoms with Crippen molar-refractivity contribution in [3.05, 3.63) is 59.4 Å². The van der Waals surface area contributed by atoms with Crippen LogP contribution in [0.4, 0.5) is 5.69 Å². The van der Waals surface area contributed by atoms with Crippen molar-refractivity contribution in [2.45, 2.75) is 0 Å². The van der Waals surface area contributed by atoms with Crippen molar-refractivity contribution in [2.75, 3.05) is 11.9 Å².